The Morgan fingerprint density at radius 2 is 1.28 bits per heavy atom. The largest absolute Gasteiger partial charge is 0.462 e. The van der Waals surface area contributed by atoms with Crippen molar-refractivity contribution < 1.29 is 19.1 Å². The van der Waals surface area contributed by atoms with Crippen molar-refractivity contribution in [2.24, 2.45) is 0 Å². The minimum Gasteiger partial charge on any atom is -0.462 e. The Labute approximate surface area is 296 Å². The summed E-state index contributed by atoms with van der Waals surface area (Å²) in [5, 5.41) is 0.615. The number of carbonyl (C=O) groups is 2. The molecule has 0 saturated carbocycles. The van der Waals surface area contributed by atoms with E-state index in [0.29, 0.717) is 18.1 Å². The predicted octanol–water partition coefficient (Wildman–Crippen LogP) is 11.0. The Bertz CT molecular complexity index is 661. The fourth-order valence-electron chi connectivity index (χ4n) is 6.53. The molecule has 0 amide bonds. The Kier molecular flexibility index (Phi) is 33.3. The molecule has 1 atom stereocenters. The first-order chi connectivity index (χ1) is 23.2. The Morgan fingerprint density at radius 3 is 1.85 bits per heavy atom. The van der Waals surface area contributed by atoms with Crippen LogP contribution in [0.3, 0.4) is 0 Å². The second kappa shape index (κ2) is 35.2. The van der Waals surface area contributed by atoms with Gasteiger partial charge in [0.2, 0.25) is 0 Å². The maximum absolute atomic E-state index is 12.7. The van der Waals surface area contributed by atoms with Crippen molar-refractivity contribution in [2.45, 2.75) is 205 Å². The molecule has 0 aromatic heterocycles. The molecule has 0 bridgehead atoms. The molecule has 1 N–H and O–H groups in total. The third kappa shape index (κ3) is 30.0. The zero-order chi connectivity index (χ0) is 33.9. The molecule has 1 aliphatic heterocycles. The minimum absolute atomic E-state index is 0.0385. The summed E-state index contributed by atoms with van der Waals surface area (Å²) < 4.78 is 15.1. The van der Waals surface area contributed by atoms with Crippen LogP contribution >= 0.6 is 11.9 Å². The number of nitrogens with zero attached hydrogens (tertiary/aromatic N) is 1. The van der Waals surface area contributed by atoms with Gasteiger partial charge in [-0.1, -0.05) is 129 Å². The fourth-order valence-corrected chi connectivity index (χ4v) is 7.41. The summed E-state index contributed by atoms with van der Waals surface area (Å²) in [5.41, 5.74) is 0. The van der Waals surface area contributed by atoms with E-state index in [1.807, 2.05) is 11.9 Å². The number of ether oxygens (including phenoxy) is 2. The second-order valence-electron chi connectivity index (χ2n) is 14.2. The highest BCUT2D eigenvalue weighted by Gasteiger charge is 2.16. The van der Waals surface area contributed by atoms with Crippen molar-refractivity contribution in [3.63, 3.8) is 0 Å². The van der Waals surface area contributed by atoms with Gasteiger partial charge >= 0.3 is 5.97 Å². The highest BCUT2D eigenvalue weighted by atomic mass is 32.2. The van der Waals surface area contributed by atoms with Crippen LogP contribution in [-0.4, -0.2) is 67.9 Å². The first-order valence-corrected chi connectivity index (χ1v) is 21.4. The van der Waals surface area contributed by atoms with Crippen LogP contribution in [0.5, 0.6) is 0 Å². The van der Waals surface area contributed by atoms with E-state index in [2.05, 4.69) is 23.5 Å². The molecule has 1 unspecified atom stereocenters. The predicted molar refractivity (Wildman–Crippen MR) is 203 cm³/mol. The Balaban J connectivity index is 2.25. The van der Waals surface area contributed by atoms with Gasteiger partial charge in [-0.15, -0.1) is 0 Å². The molecular formula is C40H78N2O4S. The second-order valence-corrected chi connectivity index (χ2v) is 15.3. The van der Waals surface area contributed by atoms with E-state index >= 15 is 0 Å². The molecule has 278 valence electrons. The summed E-state index contributed by atoms with van der Waals surface area (Å²) in [6.07, 6.45) is 34.2. The molecular weight excluding hydrogens is 605 g/mol. The number of carbonyl (C=O) groups excluding carboxylic acids is 2. The molecule has 7 heteroatoms. The van der Waals surface area contributed by atoms with Crippen LogP contribution in [0.1, 0.15) is 194 Å². The third-order valence-electron chi connectivity index (χ3n) is 9.60. The van der Waals surface area contributed by atoms with Crippen LogP contribution in [0.15, 0.2) is 0 Å². The van der Waals surface area contributed by atoms with Crippen molar-refractivity contribution in [3.8, 4) is 0 Å². The van der Waals surface area contributed by atoms with E-state index in [4.69, 9.17) is 9.47 Å². The highest BCUT2D eigenvalue weighted by Crippen LogP contribution is 2.19. The SMILES string of the molecule is CCCCCCCCC(CCCCCCCC)OC(=O)CCCCCCCN(CCCCCCCC=O)CCCNSC1CCOC1. The number of aldehydes is 1. The third-order valence-corrected chi connectivity index (χ3v) is 10.7. The van der Waals surface area contributed by atoms with E-state index in [9.17, 15) is 9.59 Å². The average molecular weight is 683 g/mol. The normalized spacial score (nSPS) is 14.9. The molecule has 0 radical (unpaired) electrons. The Hall–Kier alpha value is -0.630. The molecule has 6 nitrogen and oxygen atoms in total. The van der Waals surface area contributed by atoms with E-state index in [1.165, 1.54) is 142 Å². The molecule has 1 fully saturated rings. The summed E-state index contributed by atoms with van der Waals surface area (Å²) >= 11 is 1.86. The van der Waals surface area contributed by atoms with E-state index in [0.717, 1.165) is 71.1 Å². The van der Waals surface area contributed by atoms with Gasteiger partial charge in [0.1, 0.15) is 12.4 Å². The van der Waals surface area contributed by atoms with Crippen molar-refractivity contribution in [3.05, 3.63) is 0 Å². The quantitative estimate of drug-likeness (QED) is 0.0303. The van der Waals surface area contributed by atoms with E-state index < -0.39 is 0 Å². The van der Waals surface area contributed by atoms with Crippen LogP contribution in [0.25, 0.3) is 0 Å². The number of esters is 1. The van der Waals surface area contributed by atoms with Crippen molar-refractivity contribution >= 4 is 24.2 Å². The molecule has 0 aromatic rings. The summed E-state index contributed by atoms with van der Waals surface area (Å²) in [6.45, 7) is 10.9. The van der Waals surface area contributed by atoms with Gasteiger partial charge in [-0.05, 0) is 83.8 Å². The summed E-state index contributed by atoms with van der Waals surface area (Å²) in [6, 6.07) is 0. The first kappa shape index (κ1) is 44.4. The average Bonchev–Trinajstić information content (AvgIpc) is 3.60. The Morgan fingerprint density at radius 1 is 0.745 bits per heavy atom. The summed E-state index contributed by atoms with van der Waals surface area (Å²) in [7, 11) is 0. The van der Waals surface area contributed by atoms with Crippen LogP contribution in [0.2, 0.25) is 0 Å². The standard InChI is InChI=1S/C40H78N2O4S/c1-3-5-7-9-14-20-27-38(28-21-15-10-8-6-4-2)46-40(44)29-22-16-13-18-24-33-42(32-23-17-11-12-19-25-35-43)34-26-31-41-47-39-30-36-45-37-39/h35,38-39,41H,3-34,36-37H2,1-2H3. The van der Waals surface area contributed by atoms with Crippen LogP contribution in [0, 0.1) is 0 Å². The lowest BCUT2D eigenvalue weighted by molar-refractivity contribution is -0.150. The number of nitrogens with one attached hydrogen (secondary N) is 1. The number of unbranched alkanes of at least 4 members (excludes halogenated alkanes) is 19. The summed E-state index contributed by atoms with van der Waals surface area (Å²) in [5.74, 6) is 0.0385. The molecule has 1 rings (SSSR count). The van der Waals surface area contributed by atoms with Crippen molar-refractivity contribution in [1.82, 2.24) is 9.62 Å². The zero-order valence-corrected chi connectivity index (χ0v) is 32.1. The van der Waals surface area contributed by atoms with E-state index in [1.54, 1.807) is 0 Å². The van der Waals surface area contributed by atoms with Gasteiger partial charge in [0.05, 0.1) is 6.61 Å². The molecule has 47 heavy (non-hydrogen) atoms. The fraction of sp³-hybridized carbons (Fsp3) is 0.950. The lowest BCUT2D eigenvalue weighted by Gasteiger charge is -2.22. The molecule has 1 heterocycles. The smallest absolute Gasteiger partial charge is 0.306 e. The van der Waals surface area contributed by atoms with Gasteiger partial charge in [-0.25, -0.2) is 0 Å². The molecule has 0 spiro atoms. The lowest BCUT2D eigenvalue weighted by atomic mass is 10.0. The maximum atomic E-state index is 12.7. The topological polar surface area (TPSA) is 67.9 Å². The minimum atomic E-state index is 0.0385. The zero-order valence-electron chi connectivity index (χ0n) is 31.3. The van der Waals surface area contributed by atoms with Crippen LogP contribution < -0.4 is 4.72 Å². The molecule has 1 saturated heterocycles. The van der Waals surface area contributed by atoms with Crippen molar-refractivity contribution in [1.29, 1.82) is 0 Å². The lowest BCUT2D eigenvalue weighted by Crippen LogP contribution is -2.29. The van der Waals surface area contributed by atoms with Gasteiger partial charge in [-0.2, -0.15) is 0 Å². The van der Waals surface area contributed by atoms with E-state index in [-0.39, 0.29) is 12.1 Å². The number of hydrogen-bond acceptors (Lipinski definition) is 7. The van der Waals surface area contributed by atoms with Gasteiger partial charge in [0, 0.05) is 31.2 Å². The van der Waals surface area contributed by atoms with Gasteiger partial charge in [0.15, 0.2) is 0 Å². The first-order valence-electron chi connectivity index (χ1n) is 20.5. The number of rotatable bonds is 37. The molecule has 0 aromatic carbocycles. The summed E-state index contributed by atoms with van der Waals surface area (Å²) in [4.78, 5) is 26.0. The van der Waals surface area contributed by atoms with Crippen LogP contribution in [0.4, 0.5) is 0 Å². The highest BCUT2D eigenvalue weighted by molar-refractivity contribution is 7.98. The molecule has 0 aliphatic carbocycles. The van der Waals surface area contributed by atoms with Crippen molar-refractivity contribution in [2.75, 3.05) is 39.4 Å². The van der Waals surface area contributed by atoms with Gasteiger partial charge in [0.25, 0.3) is 0 Å². The number of hydrogen-bond donors (Lipinski definition) is 1. The van der Waals surface area contributed by atoms with Gasteiger partial charge in [-0.3, -0.25) is 9.52 Å². The maximum Gasteiger partial charge on any atom is 0.306 e. The monoisotopic (exact) mass is 683 g/mol. The molecule has 1 aliphatic rings. The van der Waals surface area contributed by atoms with Crippen LogP contribution in [-0.2, 0) is 19.1 Å². The van der Waals surface area contributed by atoms with Gasteiger partial charge < -0.3 is 19.2 Å².